The minimum absolute atomic E-state index is 0.0180. The van der Waals surface area contributed by atoms with Crippen LogP contribution in [0.25, 0.3) is 0 Å². The van der Waals surface area contributed by atoms with Gasteiger partial charge >= 0.3 is 35.9 Å². The number of carbonyl (C=O) groups is 8. The topological polar surface area (TPSA) is 277 Å². The number of aliphatic hydroxyl groups excluding tert-OH is 1. The Morgan fingerprint density at radius 1 is 0.795 bits per heavy atom. The lowest BCUT2D eigenvalue weighted by molar-refractivity contribution is -0.345. The number of Topliss-reactive ketones (excluding diaryl/α,β-unsaturated/α-hetero) is 1. The normalized spacial score (nSPS) is 28.6. The number of benzene rings is 3. The fraction of sp³-hybridized carbons (Fsp3) is 0.481. The zero-order valence-corrected chi connectivity index (χ0v) is 41.5. The molecule has 73 heavy (non-hydrogen) atoms. The van der Waals surface area contributed by atoms with Crippen molar-refractivity contribution in [1.29, 1.82) is 0 Å². The Morgan fingerprint density at radius 3 is 1.99 bits per heavy atom. The van der Waals surface area contributed by atoms with E-state index in [9.17, 15) is 43.8 Å². The number of alkyl carbamates (subject to hydrolysis) is 1. The number of esters is 4. The number of ketones is 1. The molecule has 3 aromatic rings. The van der Waals surface area contributed by atoms with Crippen molar-refractivity contribution in [3.8, 4) is 0 Å². The van der Waals surface area contributed by atoms with Gasteiger partial charge in [0.05, 0.1) is 29.5 Å². The zero-order valence-electron chi connectivity index (χ0n) is 41.5. The van der Waals surface area contributed by atoms with Crippen molar-refractivity contribution in [2.45, 2.75) is 134 Å². The Morgan fingerprint density at radius 2 is 1.41 bits per heavy atom. The van der Waals surface area contributed by atoms with Crippen molar-refractivity contribution >= 4 is 47.6 Å². The van der Waals surface area contributed by atoms with Crippen LogP contribution in [0.15, 0.2) is 102 Å². The summed E-state index contributed by atoms with van der Waals surface area (Å²) in [5, 5.41) is 40.3. The quantitative estimate of drug-likeness (QED) is 0.0508. The Hall–Kier alpha value is -6.96. The minimum Gasteiger partial charge on any atom is -0.481 e. The molecule has 1 heterocycles. The van der Waals surface area contributed by atoms with Gasteiger partial charge in [-0.1, -0.05) is 87.0 Å². The number of rotatable bonds is 17. The number of hydrogen-bond donors (Lipinski definition) is 5. The fourth-order valence-corrected chi connectivity index (χ4v) is 11.3. The van der Waals surface area contributed by atoms with Crippen molar-refractivity contribution in [1.82, 2.24) is 10.6 Å². The predicted molar refractivity (Wildman–Crippen MR) is 256 cm³/mol. The van der Waals surface area contributed by atoms with Gasteiger partial charge in [0.25, 0.3) is 5.91 Å². The third kappa shape index (κ3) is 10.5. The Bertz CT molecular complexity index is 2620. The highest BCUT2D eigenvalue weighted by Crippen LogP contribution is 2.65. The molecule has 3 aromatic carbocycles. The molecule has 3 fully saturated rings. The van der Waals surface area contributed by atoms with Crippen LogP contribution >= 0.6 is 0 Å². The summed E-state index contributed by atoms with van der Waals surface area (Å²) in [5.74, 6) is -8.22. The summed E-state index contributed by atoms with van der Waals surface area (Å²) in [7, 11) is 0. The van der Waals surface area contributed by atoms with Crippen LogP contribution in [-0.4, -0.2) is 124 Å². The zero-order chi connectivity index (χ0) is 53.0. The maximum absolute atomic E-state index is 16.2. The highest BCUT2D eigenvalue weighted by molar-refractivity contribution is 5.96. The lowest BCUT2D eigenvalue weighted by Crippen LogP contribution is -2.82. The van der Waals surface area contributed by atoms with E-state index in [0.29, 0.717) is 24.8 Å². The molecule has 3 unspecified atom stereocenters. The van der Waals surface area contributed by atoms with Crippen LogP contribution in [0.4, 0.5) is 4.79 Å². The maximum atomic E-state index is 16.2. The molecule has 2 bridgehead atoms. The molecule has 7 rings (SSSR count). The number of fused-ring (bicyclic) bond motifs is 5. The highest BCUT2D eigenvalue weighted by atomic mass is 16.6. The Kier molecular flexibility index (Phi) is 16.0. The summed E-state index contributed by atoms with van der Waals surface area (Å²) < 4.78 is 37.1. The van der Waals surface area contributed by atoms with E-state index in [0.717, 1.165) is 13.8 Å². The number of carboxylic acids is 1. The van der Waals surface area contributed by atoms with E-state index in [2.05, 4.69) is 10.6 Å². The third-order valence-electron chi connectivity index (χ3n) is 15.0. The molecule has 3 aliphatic carbocycles. The summed E-state index contributed by atoms with van der Waals surface area (Å²) in [6.45, 7) is 7.82. The smallest absolute Gasteiger partial charge is 0.407 e. The lowest BCUT2D eigenvalue weighted by Gasteiger charge is -2.67. The van der Waals surface area contributed by atoms with Crippen LogP contribution in [0.3, 0.4) is 0 Å². The predicted octanol–water partition coefficient (Wildman–Crippen LogP) is 5.11. The second-order valence-electron chi connectivity index (χ2n) is 19.9. The molecular formula is C54H62N2O17. The fourth-order valence-electron chi connectivity index (χ4n) is 11.3. The van der Waals surface area contributed by atoms with Gasteiger partial charge in [0, 0.05) is 50.6 Å². The Labute approximate surface area is 421 Å². The van der Waals surface area contributed by atoms with Gasteiger partial charge < -0.3 is 54.4 Å². The molecule has 2 amide bonds. The van der Waals surface area contributed by atoms with Crippen LogP contribution in [0.5, 0.6) is 0 Å². The molecule has 5 N–H and O–H groups in total. The summed E-state index contributed by atoms with van der Waals surface area (Å²) in [6.07, 6.45) is -10.9. The van der Waals surface area contributed by atoms with Crippen molar-refractivity contribution in [2.24, 2.45) is 16.7 Å². The van der Waals surface area contributed by atoms with Gasteiger partial charge in [0.15, 0.2) is 23.6 Å². The molecule has 19 nitrogen and oxygen atoms in total. The number of aliphatic carboxylic acids is 1. The second kappa shape index (κ2) is 21.6. The van der Waals surface area contributed by atoms with Crippen molar-refractivity contribution in [2.75, 3.05) is 13.2 Å². The third-order valence-corrected chi connectivity index (χ3v) is 15.0. The van der Waals surface area contributed by atoms with E-state index in [1.54, 1.807) is 78.9 Å². The van der Waals surface area contributed by atoms with Gasteiger partial charge in [-0.15, -0.1) is 0 Å². The number of nitrogens with one attached hydrogen (secondary N) is 2. The molecule has 0 spiro atoms. The average Bonchev–Trinajstić information content (AvgIpc) is 3.35. The molecule has 11 atom stereocenters. The number of aliphatic hydroxyl groups is 2. The molecule has 0 aromatic heterocycles. The van der Waals surface area contributed by atoms with Crippen LogP contribution in [0.2, 0.25) is 0 Å². The first kappa shape index (κ1) is 53.8. The summed E-state index contributed by atoms with van der Waals surface area (Å²) in [5.41, 5.74) is -7.70. The minimum atomic E-state index is -2.50. The molecule has 4 aliphatic rings. The molecule has 19 heteroatoms. The molecular weight excluding hydrogens is 949 g/mol. The van der Waals surface area contributed by atoms with Gasteiger partial charge in [0.1, 0.15) is 30.0 Å². The van der Waals surface area contributed by atoms with E-state index in [1.165, 1.54) is 39.8 Å². The molecule has 1 aliphatic heterocycles. The van der Waals surface area contributed by atoms with Gasteiger partial charge in [-0.2, -0.15) is 0 Å². The van der Waals surface area contributed by atoms with Gasteiger partial charge in [-0.3, -0.25) is 24.0 Å². The SMILES string of the molecule is CC(=O)OC1C(=O)[C@@]2(C)C([C@H](OC(=O)c3ccccc3)[C@]3(O)C[C@H](OC(=O)[C@H](O)[C@H](NC(=O)c4ccccc4)c4ccccc4)C(C)=C1C3(C)C)[C@]1(OC(C)=O)COC1C[C@@H]2OC(=O)NCCCCCC(=O)O. The van der Waals surface area contributed by atoms with Gasteiger partial charge in [0.2, 0.25) is 0 Å². The van der Waals surface area contributed by atoms with E-state index in [1.807, 2.05) is 0 Å². The number of amides is 2. The molecule has 0 radical (unpaired) electrons. The number of ether oxygens (including phenoxy) is 6. The van der Waals surface area contributed by atoms with E-state index in [-0.39, 0.29) is 41.7 Å². The molecule has 2 saturated carbocycles. The first-order valence-electron chi connectivity index (χ1n) is 24.2. The number of unbranched alkanes of at least 4 members (excludes halogenated alkanes) is 2. The monoisotopic (exact) mass is 1010 g/mol. The van der Waals surface area contributed by atoms with E-state index >= 15 is 4.79 Å². The van der Waals surface area contributed by atoms with E-state index in [4.69, 9.17) is 33.5 Å². The van der Waals surface area contributed by atoms with Gasteiger partial charge in [-0.25, -0.2) is 14.4 Å². The van der Waals surface area contributed by atoms with Crippen molar-refractivity contribution in [3.63, 3.8) is 0 Å². The average molecular weight is 1010 g/mol. The number of carbonyl (C=O) groups excluding carboxylic acids is 7. The second-order valence-corrected chi connectivity index (χ2v) is 19.9. The lowest BCUT2D eigenvalue weighted by atomic mass is 9.44. The Balaban J connectivity index is 1.37. The van der Waals surface area contributed by atoms with Crippen LogP contribution in [0, 0.1) is 16.7 Å². The molecule has 1 saturated heterocycles. The first-order chi connectivity index (χ1) is 34.6. The standard InChI is InChI=1S/C54H62N2O17/c1-30-36(70-49(65)42(61)41(33-19-11-7-12-20-33)56-47(63)34-21-13-8-14-22-34)28-54(67)46(72-48(64)35-23-15-9-16-24-35)44-52(6,45(62)43(69-31(2)57)40(30)51(54,4)5)37(27-38-53(44,29-68-38)73-32(3)58)71-50(66)55-26-18-10-17-25-39(59)60/h7-9,11-16,19-24,36-38,41-44,46,61,67H,10,17-18,25-29H2,1-6H3,(H,55,66)(H,56,63)(H,59,60)/t36-,37-,38?,41+,42+,43?,44?,46-,52+,53-,54+/m0/s1. The number of hydrogen-bond acceptors (Lipinski definition) is 16. The summed E-state index contributed by atoms with van der Waals surface area (Å²) >= 11 is 0. The first-order valence-corrected chi connectivity index (χ1v) is 24.2. The van der Waals surface area contributed by atoms with E-state index < -0.39 is 131 Å². The molecule has 390 valence electrons. The van der Waals surface area contributed by atoms with Crippen LogP contribution < -0.4 is 10.6 Å². The number of carboxylic acid groups (broad SMARTS) is 1. The van der Waals surface area contributed by atoms with Crippen molar-refractivity contribution in [3.05, 3.63) is 119 Å². The van der Waals surface area contributed by atoms with Crippen LogP contribution in [-0.2, 0) is 52.4 Å². The van der Waals surface area contributed by atoms with Gasteiger partial charge in [-0.05, 0) is 67.7 Å². The summed E-state index contributed by atoms with van der Waals surface area (Å²) in [6, 6.07) is 22.6. The van der Waals surface area contributed by atoms with Crippen molar-refractivity contribution < 1.29 is 82.1 Å². The maximum Gasteiger partial charge on any atom is 0.407 e. The van der Waals surface area contributed by atoms with Crippen LogP contribution in [0.1, 0.15) is 112 Å². The highest BCUT2D eigenvalue weighted by Gasteiger charge is 2.79. The largest absolute Gasteiger partial charge is 0.481 e. The summed E-state index contributed by atoms with van der Waals surface area (Å²) in [4.78, 5) is 110.